The maximum absolute atomic E-state index is 3.77. The molecule has 2 aliphatic carbocycles. The van der Waals surface area contributed by atoms with E-state index >= 15 is 0 Å². The van der Waals surface area contributed by atoms with Crippen LogP contribution < -0.4 is 5.32 Å². The molecular formula is C17H26BrNS. The van der Waals surface area contributed by atoms with E-state index in [1.807, 2.05) is 11.3 Å². The fourth-order valence-corrected chi connectivity index (χ4v) is 6.02. The molecule has 0 bridgehead atoms. The molecule has 1 aromatic rings. The molecule has 1 N–H and O–H groups in total. The van der Waals surface area contributed by atoms with Crippen molar-refractivity contribution in [2.45, 2.75) is 57.9 Å². The molecule has 3 rings (SSSR count). The number of nitrogens with one attached hydrogen (secondary N) is 1. The van der Waals surface area contributed by atoms with Crippen LogP contribution in [0.4, 0.5) is 0 Å². The first-order chi connectivity index (χ1) is 9.78. The van der Waals surface area contributed by atoms with Crippen molar-refractivity contribution >= 4 is 27.3 Å². The van der Waals surface area contributed by atoms with E-state index in [-0.39, 0.29) is 0 Å². The number of hydrogen-bond donors (Lipinski definition) is 1. The average Bonchev–Trinajstić information content (AvgIpc) is 2.90. The van der Waals surface area contributed by atoms with Gasteiger partial charge in [-0.05, 0) is 71.6 Å². The molecule has 0 aromatic carbocycles. The fraction of sp³-hybridized carbons (Fsp3) is 0.765. The van der Waals surface area contributed by atoms with Crippen LogP contribution in [0.1, 0.15) is 62.8 Å². The lowest BCUT2D eigenvalue weighted by Gasteiger charge is -2.42. The van der Waals surface area contributed by atoms with Gasteiger partial charge in [0.25, 0.3) is 0 Å². The Bertz CT molecular complexity index is 430. The van der Waals surface area contributed by atoms with Gasteiger partial charge in [0.1, 0.15) is 0 Å². The van der Waals surface area contributed by atoms with E-state index in [2.05, 4.69) is 40.3 Å². The summed E-state index contributed by atoms with van der Waals surface area (Å²) in [6.45, 7) is 3.31. The van der Waals surface area contributed by atoms with E-state index in [0.29, 0.717) is 6.04 Å². The number of halogens is 1. The first-order valence-electron chi connectivity index (χ1n) is 8.26. The van der Waals surface area contributed by atoms with Crippen LogP contribution in [0.5, 0.6) is 0 Å². The highest BCUT2D eigenvalue weighted by Gasteiger charge is 2.35. The summed E-state index contributed by atoms with van der Waals surface area (Å²) < 4.78 is 1.27. The lowest BCUT2D eigenvalue weighted by Crippen LogP contribution is -2.35. The van der Waals surface area contributed by atoms with Crippen molar-refractivity contribution in [3.05, 3.63) is 20.8 Å². The molecule has 20 heavy (non-hydrogen) atoms. The summed E-state index contributed by atoms with van der Waals surface area (Å²) in [6.07, 6.45) is 10.3. The minimum Gasteiger partial charge on any atom is -0.309 e. The van der Waals surface area contributed by atoms with Crippen molar-refractivity contribution in [2.24, 2.45) is 17.8 Å². The highest BCUT2D eigenvalue weighted by atomic mass is 79.9. The Morgan fingerprint density at radius 1 is 1.20 bits per heavy atom. The predicted molar refractivity (Wildman–Crippen MR) is 91.2 cm³/mol. The second kappa shape index (κ2) is 6.93. The zero-order chi connectivity index (χ0) is 13.9. The molecule has 0 aliphatic heterocycles. The third kappa shape index (κ3) is 3.31. The maximum atomic E-state index is 3.77. The van der Waals surface area contributed by atoms with Gasteiger partial charge in [-0.1, -0.05) is 32.6 Å². The topological polar surface area (TPSA) is 12.0 Å². The Morgan fingerprint density at radius 3 is 2.70 bits per heavy atom. The minimum atomic E-state index is 0.583. The van der Waals surface area contributed by atoms with Crippen molar-refractivity contribution < 1.29 is 0 Å². The normalized spacial score (nSPS) is 31.8. The van der Waals surface area contributed by atoms with Crippen LogP contribution in [0.15, 0.2) is 15.9 Å². The maximum Gasteiger partial charge on any atom is 0.0701 e. The second-order valence-electron chi connectivity index (χ2n) is 6.55. The first-order valence-corrected chi connectivity index (χ1v) is 9.87. The Labute approximate surface area is 135 Å². The van der Waals surface area contributed by atoms with Crippen molar-refractivity contribution in [2.75, 3.05) is 6.54 Å². The van der Waals surface area contributed by atoms with Gasteiger partial charge >= 0.3 is 0 Å². The van der Waals surface area contributed by atoms with Gasteiger partial charge in [-0.2, -0.15) is 0 Å². The zero-order valence-corrected chi connectivity index (χ0v) is 14.8. The summed E-state index contributed by atoms with van der Waals surface area (Å²) in [7, 11) is 0. The van der Waals surface area contributed by atoms with Crippen LogP contribution in [-0.4, -0.2) is 6.54 Å². The molecule has 112 valence electrons. The molecule has 0 saturated heterocycles. The zero-order valence-electron chi connectivity index (χ0n) is 12.4. The van der Waals surface area contributed by atoms with Crippen molar-refractivity contribution in [3.8, 4) is 0 Å². The summed E-state index contributed by atoms with van der Waals surface area (Å²) in [6, 6.07) is 5.10. The van der Waals surface area contributed by atoms with Crippen molar-refractivity contribution in [3.63, 3.8) is 0 Å². The van der Waals surface area contributed by atoms with Gasteiger partial charge in [0.2, 0.25) is 0 Å². The van der Waals surface area contributed by atoms with Crippen LogP contribution in [0, 0.1) is 17.8 Å². The van der Waals surface area contributed by atoms with E-state index in [4.69, 9.17) is 0 Å². The first kappa shape index (κ1) is 15.1. The van der Waals surface area contributed by atoms with Crippen molar-refractivity contribution in [1.82, 2.24) is 5.32 Å². The quantitative estimate of drug-likeness (QED) is 0.722. The number of hydrogen-bond acceptors (Lipinski definition) is 2. The van der Waals surface area contributed by atoms with Gasteiger partial charge in [0, 0.05) is 10.9 Å². The van der Waals surface area contributed by atoms with E-state index in [0.717, 1.165) is 24.3 Å². The van der Waals surface area contributed by atoms with E-state index in [9.17, 15) is 0 Å². The molecule has 1 aromatic heterocycles. The standard InChI is InChI=1S/C17H26BrNS/c1-2-19-17(15-9-10-16(18)20-15)14-8-7-12-5-3-4-6-13(12)11-14/h9-10,12-14,17,19H,2-8,11H2,1H3. The summed E-state index contributed by atoms with van der Waals surface area (Å²) in [5.41, 5.74) is 0. The van der Waals surface area contributed by atoms with Crippen LogP contribution >= 0.6 is 27.3 Å². The van der Waals surface area contributed by atoms with Crippen LogP contribution in [0.25, 0.3) is 0 Å². The molecule has 4 atom stereocenters. The summed E-state index contributed by atoms with van der Waals surface area (Å²) >= 11 is 5.53. The highest BCUT2D eigenvalue weighted by molar-refractivity contribution is 9.11. The van der Waals surface area contributed by atoms with Gasteiger partial charge in [-0.25, -0.2) is 0 Å². The van der Waals surface area contributed by atoms with Crippen LogP contribution in [0.3, 0.4) is 0 Å². The molecule has 0 spiro atoms. The number of rotatable bonds is 4. The van der Waals surface area contributed by atoms with E-state index < -0.39 is 0 Å². The Kier molecular flexibility index (Phi) is 5.22. The lowest BCUT2D eigenvalue weighted by molar-refractivity contribution is 0.110. The van der Waals surface area contributed by atoms with Gasteiger partial charge in [-0.3, -0.25) is 0 Å². The molecule has 4 unspecified atom stereocenters. The van der Waals surface area contributed by atoms with Gasteiger partial charge in [0.05, 0.1) is 3.79 Å². The molecule has 0 radical (unpaired) electrons. The largest absolute Gasteiger partial charge is 0.309 e. The van der Waals surface area contributed by atoms with Gasteiger partial charge < -0.3 is 5.32 Å². The Morgan fingerprint density at radius 2 is 2.00 bits per heavy atom. The minimum absolute atomic E-state index is 0.583. The fourth-order valence-electron chi connectivity index (χ4n) is 4.43. The molecule has 1 nitrogen and oxygen atoms in total. The predicted octanol–water partition coefficient (Wildman–Crippen LogP) is 5.77. The average molecular weight is 356 g/mol. The number of fused-ring (bicyclic) bond motifs is 1. The third-order valence-electron chi connectivity index (χ3n) is 5.38. The number of thiophene rings is 1. The molecule has 2 fully saturated rings. The highest BCUT2D eigenvalue weighted by Crippen LogP contribution is 2.47. The van der Waals surface area contributed by atoms with Crippen molar-refractivity contribution in [1.29, 1.82) is 0 Å². The molecule has 2 aliphatic rings. The van der Waals surface area contributed by atoms with E-state index in [1.54, 1.807) is 0 Å². The Balaban J connectivity index is 1.71. The SMILES string of the molecule is CCNC(c1ccc(Br)s1)C1CCC2CCCCC2C1. The lowest BCUT2D eigenvalue weighted by atomic mass is 9.66. The third-order valence-corrected chi connectivity index (χ3v) is 7.08. The van der Waals surface area contributed by atoms with Gasteiger partial charge in [0.15, 0.2) is 0 Å². The second-order valence-corrected chi connectivity index (χ2v) is 9.05. The summed E-state index contributed by atoms with van der Waals surface area (Å²) in [5.74, 6) is 2.92. The van der Waals surface area contributed by atoms with Gasteiger partial charge in [-0.15, -0.1) is 11.3 Å². The summed E-state index contributed by atoms with van der Waals surface area (Å²) in [5, 5.41) is 3.77. The van der Waals surface area contributed by atoms with Crippen LogP contribution in [0.2, 0.25) is 0 Å². The summed E-state index contributed by atoms with van der Waals surface area (Å²) in [4.78, 5) is 1.53. The Hall–Kier alpha value is 0.140. The van der Waals surface area contributed by atoms with Crippen LogP contribution in [-0.2, 0) is 0 Å². The smallest absolute Gasteiger partial charge is 0.0701 e. The molecule has 1 heterocycles. The molecule has 2 saturated carbocycles. The molecular weight excluding hydrogens is 330 g/mol. The molecule has 0 amide bonds. The molecule has 3 heteroatoms. The monoisotopic (exact) mass is 355 g/mol. The van der Waals surface area contributed by atoms with E-state index in [1.165, 1.54) is 53.6 Å².